The third-order valence-corrected chi connectivity index (χ3v) is 7.18. The average molecular weight is 506 g/mol. The lowest BCUT2D eigenvalue weighted by atomic mass is 9.75. The highest BCUT2D eigenvalue weighted by Crippen LogP contribution is 2.36. The number of nitrogens with zero attached hydrogens (tertiary/aromatic N) is 1. The summed E-state index contributed by atoms with van der Waals surface area (Å²) in [6.07, 6.45) is 2.88. The van der Waals surface area contributed by atoms with Crippen LogP contribution in [0.4, 0.5) is 0 Å². The van der Waals surface area contributed by atoms with Gasteiger partial charge < -0.3 is 18.9 Å². The molecule has 3 atom stereocenters. The van der Waals surface area contributed by atoms with Crippen molar-refractivity contribution in [1.29, 1.82) is 0 Å². The second kappa shape index (κ2) is 11.6. The van der Waals surface area contributed by atoms with Crippen molar-refractivity contribution in [2.75, 3.05) is 20.8 Å². The van der Waals surface area contributed by atoms with Crippen LogP contribution in [-0.4, -0.2) is 43.9 Å². The SMILES string of the molecule is COc1ccc(-c2cc(C(=O)OCC(=O)OC3CC(C)CCC3C(C)C)c3ccccc3n2)cc1OC. The van der Waals surface area contributed by atoms with Crippen molar-refractivity contribution in [2.45, 2.75) is 46.1 Å². The van der Waals surface area contributed by atoms with Crippen LogP contribution in [0.5, 0.6) is 11.5 Å². The normalized spacial score (nSPS) is 19.5. The summed E-state index contributed by atoms with van der Waals surface area (Å²) in [6.45, 7) is 6.07. The smallest absolute Gasteiger partial charge is 0.344 e. The van der Waals surface area contributed by atoms with E-state index in [0.29, 0.717) is 51.4 Å². The molecule has 196 valence electrons. The Balaban J connectivity index is 1.54. The Morgan fingerprint density at radius 3 is 2.49 bits per heavy atom. The van der Waals surface area contributed by atoms with E-state index in [1.807, 2.05) is 30.3 Å². The minimum absolute atomic E-state index is 0.145. The molecule has 37 heavy (non-hydrogen) atoms. The van der Waals surface area contributed by atoms with E-state index in [1.54, 1.807) is 32.4 Å². The summed E-state index contributed by atoms with van der Waals surface area (Å²) in [4.78, 5) is 30.6. The van der Waals surface area contributed by atoms with Gasteiger partial charge in [-0.15, -0.1) is 0 Å². The van der Waals surface area contributed by atoms with Crippen LogP contribution in [0.2, 0.25) is 0 Å². The zero-order valence-corrected chi connectivity index (χ0v) is 22.2. The van der Waals surface area contributed by atoms with Crippen LogP contribution in [-0.2, 0) is 14.3 Å². The predicted octanol–water partition coefficient (Wildman–Crippen LogP) is 6.08. The summed E-state index contributed by atoms with van der Waals surface area (Å²) in [5.41, 5.74) is 2.29. The summed E-state index contributed by atoms with van der Waals surface area (Å²) in [5, 5.41) is 0.645. The molecule has 0 N–H and O–H groups in total. The zero-order chi connectivity index (χ0) is 26.5. The Bertz CT molecular complexity index is 1270. The summed E-state index contributed by atoms with van der Waals surface area (Å²) < 4.78 is 22.0. The van der Waals surface area contributed by atoms with Gasteiger partial charge in [0.1, 0.15) is 6.10 Å². The van der Waals surface area contributed by atoms with Gasteiger partial charge in [0.15, 0.2) is 18.1 Å². The maximum absolute atomic E-state index is 13.2. The van der Waals surface area contributed by atoms with Gasteiger partial charge in [0, 0.05) is 10.9 Å². The fraction of sp³-hybridized carbons (Fsp3) is 0.433. The molecule has 0 spiro atoms. The number of fused-ring (bicyclic) bond motifs is 1. The number of hydrogen-bond acceptors (Lipinski definition) is 7. The first-order valence-electron chi connectivity index (χ1n) is 12.8. The van der Waals surface area contributed by atoms with E-state index in [1.165, 1.54) is 0 Å². The second-order valence-corrected chi connectivity index (χ2v) is 10.1. The van der Waals surface area contributed by atoms with Crippen LogP contribution >= 0.6 is 0 Å². The van der Waals surface area contributed by atoms with E-state index in [0.717, 1.165) is 24.8 Å². The van der Waals surface area contributed by atoms with Gasteiger partial charge in [-0.05, 0) is 60.9 Å². The van der Waals surface area contributed by atoms with E-state index in [4.69, 9.17) is 23.9 Å². The first-order chi connectivity index (χ1) is 17.8. The van der Waals surface area contributed by atoms with Gasteiger partial charge >= 0.3 is 11.9 Å². The molecule has 1 aliphatic carbocycles. The van der Waals surface area contributed by atoms with Gasteiger partial charge in [-0.3, -0.25) is 0 Å². The standard InChI is InChI=1S/C30H35NO6/c1-18(2)21-12-10-19(3)14-27(21)37-29(32)17-36-30(33)23-16-25(31-24-9-7-6-8-22(23)24)20-11-13-26(34-4)28(15-20)35-5/h6-9,11,13,15-16,18-19,21,27H,10,12,14,17H2,1-5H3. The zero-order valence-electron chi connectivity index (χ0n) is 22.2. The molecule has 1 aromatic heterocycles. The lowest BCUT2D eigenvalue weighted by molar-refractivity contribution is -0.159. The monoisotopic (exact) mass is 505 g/mol. The first-order valence-corrected chi connectivity index (χ1v) is 12.8. The van der Waals surface area contributed by atoms with Crippen LogP contribution in [0.15, 0.2) is 48.5 Å². The molecule has 0 aliphatic heterocycles. The van der Waals surface area contributed by atoms with Crippen molar-refractivity contribution >= 4 is 22.8 Å². The molecular weight excluding hydrogens is 470 g/mol. The number of ether oxygens (including phenoxy) is 4. The lowest BCUT2D eigenvalue weighted by Gasteiger charge is -2.36. The summed E-state index contributed by atoms with van der Waals surface area (Å²) in [7, 11) is 3.14. The number of hydrogen-bond donors (Lipinski definition) is 0. The number of rotatable bonds is 8. The number of benzene rings is 2. The van der Waals surface area contributed by atoms with E-state index in [2.05, 4.69) is 20.8 Å². The van der Waals surface area contributed by atoms with Gasteiger partial charge in [0.05, 0.1) is 31.0 Å². The Hall–Kier alpha value is -3.61. The van der Waals surface area contributed by atoms with Crippen molar-refractivity contribution in [2.24, 2.45) is 17.8 Å². The van der Waals surface area contributed by atoms with Gasteiger partial charge in [-0.25, -0.2) is 14.6 Å². The molecule has 3 unspecified atom stereocenters. The topological polar surface area (TPSA) is 84.0 Å². The average Bonchev–Trinajstić information content (AvgIpc) is 2.90. The third-order valence-electron chi connectivity index (χ3n) is 7.18. The third kappa shape index (κ3) is 6.04. The lowest BCUT2D eigenvalue weighted by Crippen LogP contribution is -2.36. The molecule has 7 heteroatoms. The van der Waals surface area contributed by atoms with Gasteiger partial charge in [0.2, 0.25) is 0 Å². The summed E-state index contributed by atoms with van der Waals surface area (Å²) in [6, 6.07) is 14.5. The van der Waals surface area contributed by atoms with E-state index >= 15 is 0 Å². The van der Waals surface area contributed by atoms with Crippen molar-refractivity contribution in [1.82, 2.24) is 4.98 Å². The Labute approximate surface area is 218 Å². The number of esters is 2. The van der Waals surface area contributed by atoms with Crippen LogP contribution < -0.4 is 9.47 Å². The maximum atomic E-state index is 13.2. The van der Waals surface area contributed by atoms with Gasteiger partial charge in [-0.2, -0.15) is 0 Å². The number of methoxy groups -OCH3 is 2. The fourth-order valence-electron chi connectivity index (χ4n) is 5.14. The molecule has 1 heterocycles. The number of carbonyl (C=O) groups excluding carboxylic acids is 2. The molecule has 4 rings (SSSR count). The number of aromatic nitrogens is 1. The molecular formula is C30H35NO6. The molecule has 1 aliphatic rings. The Morgan fingerprint density at radius 1 is 1.00 bits per heavy atom. The highest BCUT2D eigenvalue weighted by Gasteiger charge is 2.33. The highest BCUT2D eigenvalue weighted by molar-refractivity contribution is 6.05. The van der Waals surface area contributed by atoms with E-state index in [9.17, 15) is 9.59 Å². The summed E-state index contributed by atoms with van der Waals surface area (Å²) in [5.74, 6) is 1.28. The summed E-state index contributed by atoms with van der Waals surface area (Å²) >= 11 is 0. The van der Waals surface area contributed by atoms with Crippen molar-refractivity contribution in [3.63, 3.8) is 0 Å². The molecule has 0 bridgehead atoms. The van der Waals surface area contributed by atoms with Crippen LogP contribution in [0, 0.1) is 17.8 Å². The Morgan fingerprint density at radius 2 is 1.76 bits per heavy atom. The largest absolute Gasteiger partial charge is 0.493 e. The molecule has 1 saturated carbocycles. The minimum Gasteiger partial charge on any atom is -0.493 e. The molecule has 2 aromatic carbocycles. The molecule has 1 fully saturated rings. The first kappa shape index (κ1) is 26.5. The van der Waals surface area contributed by atoms with Crippen LogP contribution in [0.1, 0.15) is 50.4 Å². The van der Waals surface area contributed by atoms with E-state index in [-0.39, 0.29) is 6.10 Å². The second-order valence-electron chi connectivity index (χ2n) is 10.1. The number of carbonyl (C=O) groups is 2. The Kier molecular flexibility index (Phi) is 8.31. The molecule has 0 radical (unpaired) electrons. The van der Waals surface area contributed by atoms with Crippen LogP contribution in [0.3, 0.4) is 0 Å². The fourth-order valence-corrected chi connectivity index (χ4v) is 5.14. The highest BCUT2D eigenvalue weighted by atomic mass is 16.6. The van der Waals surface area contributed by atoms with E-state index < -0.39 is 18.5 Å². The quantitative estimate of drug-likeness (QED) is 0.343. The molecule has 7 nitrogen and oxygen atoms in total. The predicted molar refractivity (Wildman–Crippen MR) is 142 cm³/mol. The minimum atomic E-state index is -0.602. The maximum Gasteiger partial charge on any atom is 0.344 e. The molecule has 0 amide bonds. The van der Waals surface area contributed by atoms with Gasteiger partial charge in [-0.1, -0.05) is 45.4 Å². The molecule has 0 saturated heterocycles. The van der Waals surface area contributed by atoms with Crippen LogP contribution in [0.25, 0.3) is 22.2 Å². The number of para-hydroxylation sites is 1. The van der Waals surface area contributed by atoms with Crippen molar-refractivity contribution in [3.05, 3.63) is 54.1 Å². The van der Waals surface area contributed by atoms with Gasteiger partial charge in [0.25, 0.3) is 0 Å². The molecule has 3 aromatic rings. The van der Waals surface area contributed by atoms with Crippen molar-refractivity contribution < 1.29 is 28.5 Å². The van der Waals surface area contributed by atoms with Crippen molar-refractivity contribution in [3.8, 4) is 22.8 Å². The number of pyridine rings is 1.